The van der Waals surface area contributed by atoms with Crippen molar-refractivity contribution in [3.05, 3.63) is 29.3 Å². The fraction of sp³-hybridized carbons (Fsp3) is 0.625. The molecule has 3 rings (SSSR count). The van der Waals surface area contributed by atoms with Crippen LogP contribution in [0.25, 0.3) is 0 Å². The van der Waals surface area contributed by atoms with Crippen molar-refractivity contribution in [2.45, 2.75) is 50.6 Å². The molecule has 1 aliphatic carbocycles. The second kappa shape index (κ2) is 5.71. The molecule has 1 N–H and O–H groups in total. The van der Waals surface area contributed by atoms with Crippen LogP contribution in [-0.4, -0.2) is 31.9 Å². The maximum atomic E-state index is 13.0. The molecule has 5 heteroatoms. The van der Waals surface area contributed by atoms with Crippen molar-refractivity contribution in [2.75, 3.05) is 13.1 Å². The highest BCUT2D eigenvalue weighted by Crippen LogP contribution is 2.41. The van der Waals surface area contributed by atoms with Crippen LogP contribution in [-0.2, 0) is 16.6 Å². The molecule has 1 saturated heterocycles. The Morgan fingerprint density at radius 3 is 2.76 bits per heavy atom. The number of sulfonamides is 1. The van der Waals surface area contributed by atoms with E-state index in [0.717, 1.165) is 37.1 Å². The first kappa shape index (κ1) is 15.0. The van der Waals surface area contributed by atoms with Crippen LogP contribution in [0.1, 0.15) is 37.3 Å². The zero-order valence-electron chi connectivity index (χ0n) is 12.8. The number of benzene rings is 1. The number of nitrogens with zero attached hydrogens (tertiary/aromatic N) is 1. The Balaban J connectivity index is 1.92. The fourth-order valence-electron chi connectivity index (χ4n) is 3.69. The molecule has 1 aliphatic heterocycles. The summed E-state index contributed by atoms with van der Waals surface area (Å²) in [6, 6.07) is 5.86. The van der Waals surface area contributed by atoms with Gasteiger partial charge in [0.2, 0.25) is 10.0 Å². The van der Waals surface area contributed by atoms with E-state index in [1.54, 1.807) is 10.4 Å². The van der Waals surface area contributed by atoms with Crippen molar-refractivity contribution in [1.29, 1.82) is 0 Å². The molecule has 1 aromatic rings. The van der Waals surface area contributed by atoms with Gasteiger partial charge in [-0.15, -0.1) is 0 Å². The van der Waals surface area contributed by atoms with E-state index in [2.05, 4.69) is 12.2 Å². The number of piperidine rings is 1. The van der Waals surface area contributed by atoms with Crippen molar-refractivity contribution >= 4 is 10.0 Å². The Labute approximate surface area is 127 Å². The quantitative estimate of drug-likeness (QED) is 0.908. The molecule has 1 heterocycles. The average molecular weight is 308 g/mol. The Morgan fingerprint density at radius 1 is 1.33 bits per heavy atom. The number of rotatable bonds is 5. The predicted octanol–water partition coefficient (Wildman–Crippen LogP) is 2.28. The van der Waals surface area contributed by atoms with E-state index in [-0.39, 0.29) is 6.04 Å². The lowest BCUT2D eigenvalue weighted by atomic mass is 10.1. The van der Waals surface area contributed by atoms with Crippen LogP contribution in [0.3, 0.4) is 0 Å². The van der Waals surface area contributed by atoms with Gasteiger partial charge in [0.25, 0.3) is 0 Å². The maximum Gasteiger partial charge on any atom is 0.243 e. The normalized spacial score (nSPS) is 25.6. The summed E-state index contributed by atoms with van der Waals surface area (Å²) in [7, 11) is -3.34. The standard InChI is InChI=1S/C16H24N2O2S/c1-3-17-10-14-5-4-6-16(12(14)2)21(19,20)18-11-13-7-8-15(18)9-13/h4-6,13,15,17H,3,7-11H2,1-2H3. The van der Waals surface area contributed by atoms with Gasteiger partial charge in [0, 0.05) is 19.1 Å². The minimum absolute atomic E-state index is 0.233. The van der Waals surface area contributed by atoms with Crippen LogP contribution < -0.4 is 5.32 Å². The van der Waals surface area contributed by atoms with E-state index in [4.69, 9.17) is 0 Å². The predicted molar refractivity (Wildman–Crippen MR) is 83.6 cm³/mol. The lowest BCUT2D eigenvalue weighted by Gasteiger charge is -2.27. The molecule has 2 unspecified atom stereocenters. The van der Waals surface area contributed by atoms with E-state index >= 15 is 0 Å². The Bertz CT molecular complexity index is 627. The molecule has 2 bridgehead atoms. The topological polar surface area (TPSA) is 49.4 Å². The lowest BCUT2D eigenvalue weighted by Crippen LogP contribution is -2.38. The third-order valence-electron chi connectivity index (χ3n) is 4.91. The highest BCUT2D eigenvalue weighted by molar-refractivity contribution is 7.89. The van der Waals surface area contributed by atoms with Crippen LogP contribution in [0.4, 0.5) is 0 Å². The molecule has 2 aliphatic rings. The van der Waals surface area contributed by atoms with E-state index in [9.17, 15) is 8.42 Å². The van der Waals surface area contributed by atoms with Gasteiger partial charge >= 0.3 is 0 Å². The summed E-state index contributed by atoms with van der Waals surface area (Å²) in [5.41, 5.74) is 1.96. The largest absolute Gasteiger partial charge is 0.313 e. The Hall–Kier alpha value is -0.910. The van der Waals surface area contributed by atoms with Crippen molar-refractivity contribution in [2.24, 2.45) is 5.92 Å². The Morgan fingerprint density at radius 2 is 2.14 bits per heavy atom. The van der Waals surface area contributed by atoms with Gasteiger partial charge < -0.3 is 5.32 Å². The minimum Gasteiger partial charge on any atom is -0.313 e. The highest BCUT2D eigenvalue weighted by Gasteiger charge is 2.44. The van der Waals surface area contributed by atoms with E-state index in [0.29, 0.717) is 17.4 Å². The molecule has 0 aromatic heterocycles. The van der Waals surface area contributed by atoms with Gasteiger partial charge in [-0.2, -0.15) is 4.31 Å². The number of nitrogens with one attached hydrogen (secondary N) is 1. The summed E-state index contributed by atoms with van der Waals surface area (Å²) in [6.45, 7) is 6.29. The van der Waals surface area contributed by atoms with E-state index < -0.39 is 10.0 Å². The van der Waals surface area contributed by atoms with Gasteiger partial charge in [0.1, 0.15) is 0 Å². The maximum absolute atomic E-state index is 13.0. The molecule has 4 nitrogen and oxygen atoms in total. The minimum atomic E-state index is -3.34. The van der Waals surface area contributed by atoms with Crippen molar-refractivity contribution in [3.63, 3.8) is 0 Å². The average Bonchev–Trinajstić information content (AvgIpc) is 3.09. The van der Waals surface area contributed by atoms with Crippen molar-refractivity contribution < 1.29 is 8.42 Å². The summed E-state index contributed by atoms with van der Waals surface area (Å²) < 4.78 is 27.7. The van der Waals surface area contributed by atoms with Gasteiger partial charge in [0.15, 0.2) is 0 Å². The zero-order chi connectivity index (χ0) is 15.0. The van der Waals surface area contributed by atoms with E-state index in [1.165, 1.54) is 6.42 Å². The molecule has 21 heavy (non-hydrogen) atoms. The first-order valence-corrected chi connectivity index (χ1v) is 9.29. The molecule has 2 atom stereocenters. The fourth-order valence-corrected chi connectivity index (χ4v) is 5.70. The molecule has 0 radical (unpaired) electrons. The van der Waals surface area contributed by atoms with Crippen molar-refractivity contribution in [3.8, 4) is 0 Å². The summed E-state index contributed by atoms with van der Waals surface area (Å²) in [4.78, 5) is 0.491. The van der Waals surface area contributed by atoms with E-state index in [1.807, 2.05) is 19.1 Å². The van der Waals surface area contributed by atoms with Crippen LogP contribution in [0.2, 0.25) is 0 Å². The summed E-state index contributed by atoms with van der Waals surface area (Å²) in [5.74, 6) is 0.579. The summed E-state index contributed by atoms with van der Waals surface area (Å²) in [6.07, 6.45) is 3.27. The van der Waals surface area contributed by atoms with Crippen molar-refractivity contribution in [1.82, 2.24) is 9.62 Å². The first-order valence-electron chi connectivity index (χ1n) is 7.85. The zero-order valence-corrected chi connectivity index (χ0v) is 13.6. The molecular formula is C16H24N2O2S. The van der Waals surface area contributed by atoms with Crippen LogP contribution >= 0.6 is 0 Å². The summed E-state index contributed by atoms with van der Waals surface area (Å²) >= 11 is 0. The van der Waals surface area contributed by atoms with Gasteiger partial charge in [-0.05, 0) is 55.8 Å². The van der Waals surface area contributed by atoms with Crippen LogP contribution in [0, 0.1) is 12.8 Å². The van der Waals surface area contributed by atoms with Gasteiger partial charge in [0.05, 0.1) is 4.90 Å². The first-order chi connectivity index (χ1) is 10.0. The third kappa shape index (κ3) is 2.62. The number of fused-ring (bicyclic) bond motifs is 2. The smallest absolute Gasteiger partial charge is 0.243 e. The lowest BCUT2D eigenvalue weighted by molar-refractivity contribution is 0.333. The van der Waals surface area contributed by atoms with Crippen LogP contribution in [0.5, 0.6) is 0 Å². The number of hydrogen-bond donors (Lipinski definition) is 1. The third-order valence-corrected chi connectivity index (χ3v) is 6.97. The Kier molecular flexibility index (Phi) is 4.08. The van der Waals surface area contributed by atoms with Crippen LogP contribution in [0.15, 0.2) is 23.1 Å². The second-order valence-corrected chi connectivity index (χ2v) is 8.09. The summed E-state index contributed by atoms with van der Waals surface area (Å²) in [5, 5.41) is 3.27. The SMILES string of the molecule is CCNCc1cccc(S(=O)(=O)N2CC3CCC2C3)c1C. The monoisotopic (exact) mass is 308 g/mol. The molecule has 116 valence electrons. The molecule has 1 aromatic carbocycles. The molecule has 0 amide bonds. The number of hydrogen-bond acceptors (Lipinski definition) is 3. The molecule has 0 spiro atoms. The van der Waals surface area contributed by atoms with Gasteiger partial charge in [-0.25, -0.2) is 8.42 Å². The molecule has 1 saturated carbocycles. The second-order valence-electron chi connectivity index (χ2n) is 6.23. The molecule has 2 fully saturated rings. The van der Waals surface area contributed by atoms with Gasteiger partial charge in [-0.1, -0.05) is 19.1 Å². The highest BCUT2D eigenvalue weighted by atomic mass is 32.2. The molecular weight excluding hydrogens is 284 g/mol. The van der Waals surface area contributed by atoms with Gasteiger partial charge in [-0.3, -0.25) is 0 Å².